The number of rotatable bonds is 4. The highest BCUT2D eigenvalue weighted by Crippen LogP contribution is 2.46. The van der Waals surface area contributed by atoms with Gasteiger partial charge in [0.25, 0.3) is 0 Å². The summed E-state index contributed by atoms with van der Waals surface area (Å²) >= 11 is 1.59. The van der Waals surface area contributed by atoms with Crippen LogP contribution in [-0.4, -0.2) is 34.3 Å². The number of ketones is 3. The largest absolute Gasteiger partial charge is 0.389 e. The van der Waals surface area contributed by atoms with Crippen molar-refractivity contribution >= 4 is 29.1 Å². The first-order chi connectivity index (χ1) is 10.7. The van der Waals surface area contributed by atoms with Crippen LogP contribution in [0.2, 0.25) is 0 Å². The number of Topliss-reactive ketones (excluding diaryl/α,β-unsaturated/α-hetero) is 3. The number of hydrogen-bond acceptors (Lipinski definition) is 5. The molecule has 1 aliphatic rings. The summed E-state index contributed by atoms with van der Waals surface area (Å²) in [5.74, 6) is -3.00. The van der Waals surface area contributed by atoms with Crippen LogP contribution in [0.3, 0.4) is 0 Å². The lowest BCUT2D eigenvalue weighted by Crippen LogP contribution is -2.53. The van der Waals surface area contributed by atoms with Crippen molar-refractivity contribution in [2.75, 3.05) is 6.26 Å². The van der Waals surface area contributed by atoms with E-state index < -0.39 is 23.4 Å². The molecule has 1 N–H and O–H groups in total. The Morgan fingerprint density at radius 1 is 1.17 bits per heavy atom. The predicted octanol–water partition coefficient (Wildman–Crippen LogP) is 2.63. The van der Waals surface area contributed by atoms with Crippen LogP contribution in [0.1, 0.15) is 38.7 Å². The Bertz CT molecular complexity index is 633. The Hall–Kier alpha value is -1.46. The van der Waals surface area contributed by atoms with Gasteiger partial charge in [0.1, 0.15) is 17.3 Å². The Morgan fingerprint density at radius 3 is 2.17 bits per heavy atom. The summed E-state index contributed by atoms with van der Waals surface area (Å²) in [7, 11) is 0. The molecule has 1 aliphatic carbocycles. The van der Waals surface area contributed by atoms with Crippen LogP contribution < -0.4 is 0 Å². The molecule has 23 heavy (non-hydrogen) atoms. The summed E-state index contributed by atoms with van der Waals surface area (Å²) in [6.45, 7) is 4.30. The predicted molar refractivity (Wildman–Crippen MR) is 89.6 cm³/mol. The van der Waals surface area contributed by atoms with E-state index in [1.807, 2.05) is 30.5 Å². The number of hydrogen-bond donors (Lipinski definition) is 1. The van der Waals surface area contributed by atoms with Crippen molar-refractivity contribution < 1.29 is 19.5 Å². The molecule has 0 aromatic heterocycles. The van der Waals surface area contributed by atoms with E-state index in [-0.39, 0.29) is 23.8 Å². The lowest BCUT2D eigenvalue weighted by molar-refractivity contribution is -0.151. The number of benzene rings is 1. The Balaban J connectivity index is 2.58. The van der Waals surface area contributed by atoms with E-state index in [4.69, 9.17) is 0 Å². The van der Waals surface area contributed by atoms with Crippen LogP contribution in [0.4, 0.5) is 0 Å². The second kappa shape index (κ2) is 6.57. The molecule has 2 rings (SSSR count). The van der Waals surface area contributed by atoms with Gasteiger partial charge in [0.05, 0.1) is 17.4 Å². The van der Waals surface area contributed by atoms with Gasteiger partial charge in [0, 0.05) is 17.2 Å². The standard InChI is InChI=1S/C18H22O4S/c1-10(19)15-14(21)9-18(3,22)17(11(2)20)16(15)12-5-7-13(23-4)8-6-12/h5-8,15-17,22H,9H2,1-4H3/t15-,16-,17+,18+/m0/s1. The Labute approximate surface area is 140 Å². The molecule has 0 saturated heterocycles. The minimum atomic E-state index is -1.43. The molecule has 0 amide bonds. The maximum Gasteiger partial charge on any atom is 0.146 e. The van der Waals surface area contributed by atoms with Crippen LogP contribution in [0.15, 0.2) is 29.2 Å². The first-order valence-electron chi connectivity index (χ1n) is 7.59. The molecule has 1 saturated carbocycles. The molecule has 0 radical (unpaired) electrons. The third kappa shape index (κ3) is 3.40. The highest BCUT2D eigenvalue weighted by atomic mass is 32.2. The average Bonchev–Trinajstić information content (AvgIpc) is 2.44. The lowest BCUT2D eigenvalue weighted by atomic mass is 9.60. The van der Waals surface area contributed by atoms with Gasteiger partial charge in [0.2, 0.25) is 0 Å². The van der Waals surface area contributed by atoms with Crippen molar-refractivity contribution in [3.8, 4) is 0 Å². The minimum absolute atomic E-state index is 0.166. The van der Waals surface area contributed by atoms with Crippen molar-refractivity contribution in [3.05, 3.63) is 29.8 Å². The van der Waals surface area contributed by atoms with Gasteiger partial charge in [0.15, 0.2) is 0 Å². The summed E-state index contributed by atoms with van der Waals surface area (Å²) in [4.78, 5) is 37.8. The zero-order chi connectivity index (χ0) is 17.4. The number of carbonyl (C=O) groups is 3. The number of thioether (sulfide) groups is 1. The van der Waals surface area contributed by atoms with E-state index in [0.717, 1.165) is 10.5 Å². The molecule has 1 aromatic rings. The summed E-state index contributed by atoms with van der Waals surface area (Å²) < 4.78 is 0. The maximum atomic E-state index is 12.4. The van der Waals surface area contributed by atoms with Gasteiger partial charge in [-0.05, 0) is 44.7 Å². The average molecular weight is 334 g/mol. The number of aliphatic hydroxyl groups is 1. The van der Waals surface area contributed by atoms with Gasteiger partial charge in [-0.1, -0.05) is 12.1 Å². The molecule has 1 fully saturated rings. The van der Waals surface area contributed by atoms with Crippen molar-refractivity contribution in [1.82, 2.24) is 0 Å². The van der Waals surface area contributed by atoms with E-state index in [1.54, 1.807) is 11.8 Å². The van der Waals surface area contributed by atoms with Crippen molar-refractivity contribution in [3.63, 3.8) is 0 Å². The third-order valence-electron chi connectivity index (χ3n) is 4.64. The van der Waals surface area contributed by atoms with Gasteiger partial charge >= 0.3 is 0 Å². The van der Waals surface area contributed by atoms with Gasteiger partial charge in [-0.15, -0.1) is 11.8 Å². The van der Waals surface area contributed by atoms with Crippen molar-refractivity contribution in [1.29, 1.82) is 0 Å². The van der Waals surface area contributed by atoms with E-state index in [1.165, 1.54) is 20.8 Å². The fourth-order valence-electron chi connectivity index (χ4n) is 3.73. The normalized spacial score (nSPS) is 31.0. The summed E-state index contributed by atoms with van der Waals surface area (Å²) in [5.41, 5.74) is -0.686. The van der Waals surface area contributed by atoms with E-state index in [2.05, 4.69) is 0 Å². The molecule has 4 atom stereocenters. The first-order valence-corrected chi connectivity index (χ1v) is 8.81. The smallest absolute Gasteiger partial charge is 0.146 e. The third-order valence-corrected chi connectivity index (χ3v) is 5.39. The molecular weight excluding hydrogens is 312 g/mol. The molecule has 0 bridgehead atoms. The zero-order valence-electron chi connectivity index (χ0n) is 13.8. The molecule has 0 spiro atoms. The van der Waals surface area contributed by atoms with E-state index >= 15 is 0 Å². The molecule has 0 heterocycles. The summed E-state index contributed by atoms with van der Waals surface area (Å²) in [5, 5.41) is 10.7. The second-order valence-corrected chi connectivity index (χ2v) is 7.36. The van der Waals surface area contributed by atoms with Crippen LogP contribution >= 0.6 is 11.8 Å². The van der Waals surface area contributed by atoms with Crippen LogP contribution in [-0.2, 0) is 14.4 Å². The first kappa shape index (κ1) is 17.9. The van der Waals surface area contributed by atoms with Gasteiger partial charge in [-0.2, -0.15) is 0 Å². The summed E-state index contributed by atoms with van der Waals surface area (Å²) in [6.07, 6.45) is 1.79. The fraction of sp³-hybridized carbons (Fsp3) is 0.500. The molecule has 124 valence electrons. The van der Waals surface area contributed by atoms with Crippen LogP contribution in [0, 0.1) is 11.8 Å². The SMILES string of the molecule is CSc1ccc([C@H]2[C@@H](C(C)=O)C(=O)C[C@@](C)(O)[C@@H]2C(C)=O)cc1. The molecule has 0 aliphatic heterocycles. The monoisotopic (exact) mass is 334 g/mol. The van der Waals surface area contributed by atoms with Gasteiger partial charge < -0.3 is 5.11 Å². The van der Waals surface area contributed by atoms with E-state index in [9.17, 15) is 19.5 Å². The Kier molecular flexibility index (Phi) is 5.11. The van der Waals surface area contributed by atoms with Crippen molar-refractivity contribution in [2.24, 2.45) is 11.8 Å². The molecule has 0 unspecified atom stereocenters. The Morgan fingerprint density at radius 2 is 1.74 bits per heavy atom. The minimum Gasteiger partial charge on any atom is -0.389 e. The topological polar surface area (TPSA) is 71.4 Å². The van der Waals surface area contributed by atoms with Gasteiger partial charge in [-0.3, -0.25) is 14.4 Å². The second-order valence-electron chi connectivity index (χ2n) is 6.48. The zero-order valence-corrected chi connectivity index (χ0v) is 14.6. The van der Waals surface area contributed by atoms with E-state index in [0.29, 0.717) is 0 Å². The molecule has 5 heteroatoms. The molecule has 4 nitrogen and oxygen atoms in total. The highest BCUT2D eigenvalue weighted by Gasteiger charge is 2.53. The van der Waals surface area contributed by atoms with Crippen LogP contribution in [0.5, 0.6) is 0 Å². The highest BCUT2D eigenvalue weighted by molar-refractivity contribution is 7.98. The van der Waals surface area contributed by atoms with Crippen LogP contribution in [0.25, 0.3) is 0 Å². The molecular formula is C18H22O4S. The summed E-state index contributed by atoms with van der Waals surface area (Å²) in [6, 6.07) is 7.50. The fourth-order valence-corrected chi connectivity index (χ4v) is 4.14. The lowest BCUT2D eigenvalue weighted by Gasteiger charge is -2.44. The van der Waals surface area contributed by atoms with Gasteiger partial charge in [-0.25, -0.2) is 0 Å². The number of carbonyl (C=O) groups excluding carboxylic acids is 3. The van der Waals surface area contributed by atoms with Crippen molar-refractivity contribution in [2.45, 2.75) is 43.6 Å². The maximum absolute atomic E-state index is 12.4. The quantitative estimate of drug-likeness (QED) is 0.677. The molecule has 1 aromatic carbocycles.